The van der Waals surface area contributed by atoms with Crippen molar-refractivity contribution in [3.05, 3.63) is 57.8 Å². The summed E-state index contributed by atoms with van der Waals surface area (Å²) in [6, 6.07) is 12.6. The van der Waals surface area contributed by atoms with Gasteiger partial charge in [0.25, 0.3) is 0 Å². The lowest BCUT2D eigenvalue weighted by Crippen LogP contribution is -2.25. The van der Waals surface area contributed by atoms with E-state index < -0.39 is 5.41 Å². The zero-order valence-electron chi connectivity index (χ0n) is 10.8. The van der Waals surface area contributed by atoms with Crippen LogP contribution in [0.15, 0.2) is 41.8 Å². The Hall–Kier alpha value is -1.41. The summed E-state index contributed by atoms with van der Waals surface area (Å²) in [7, 11) is 0. The van der Waals surface area contributed by atoms with E-state index in [0.717, 1.165) is 24.0 Å². The molecule has 1 unspecified atom stereocenters. The molecule has 0 N–H and O–H groups in total. The Balaban J connectivity index is 2.22. The van der Waals surface area contributed by atoms with Gasteiger partial charge in [0, 0.05) is 4.88 Å². The Kier molecular flexibility index (Phi) is 3.97. The van der Waals surface area contributed by atoms with Gasteiger partial charge in [-0.15, -0.1) is 11.3 Å². The van der Waals surface area contributed by atoms with Crippen LogP contribution in [0.3, 0.4) is 0 Å². The van der Waals surface area contributed by atoms with E-state index in [-0.39, 0.29) is 0 Å². The standard InChI is InChI=1S/C16H18OS/c1-3-13-6-8-14(9-7-13)11-16(2,12-17)15-5-4-10-18-15/h4-10,12H,3,11H2,1-2H3. The molecule has 0 aliphatic heterocycles. The minimum absolute atomic E-state index is 0.401. The number of thiophene rings is 1. The van der Waals surface area contributed by atoms with Crippen molar-refractivity contribution >= 4 is 17.6 Å². The first-order chi connectivity index (χ1) is 8.68. The number of benzene rings is 1. The van der Waals surface area contributed by atoms with E-state index in [9.17, 15) is 4.79 Å². The second kappa shape index (κ2) is 5.49. The van der Waals surface area contributed by atoms with Crippen molar-refractivity contribution < 1.29 is 4.79 Å². The highest BCUT2D eigenvalue weighted by Gasteiger charge is 2.27. The summed E-state index contributed by atoms with van der Waals surface area (Å²) in [5.74, 6) is 0. The van der Waals surface area contributed by atoms with Crippen molar-refractivity contribution in [1.29, 1.82) is 0 Å². The first kappa shape index (κ1) is 13.0. The van der Waals surface area contributed by atoms with Gasteiger partial charge in [-0.1, -0.05) is 37.3 Å². The third kappa shape index (κ3) is 2.70. The molecule has 1 nitrogen and oxygen atoms in total. The van der Waals surface area contributed by atoms with Gasteiger partial charge in [-0.25, -0.2) is 0 Å². The van der Waals surface area contributed by atoms with E-state index in [1.807, 2.05) is 24.4 Å². The van der Waals surface area contributed by atoms with Gasteiger partial charge in [0.15, 0.2) is 0 Å². The Bertz CT molecular complexity index is 498. The fourth-order valence-electron chi connectivity index (χ4n) is 2.11. The van der Waals surface area contributed by atoms with E-state index in [1.54, 1.807) is 11.3 Å². The summed E-state index contributed by atoms with van der Waals surface area (Å²) in [5.41, 5.74) is 2.15. The number of rotatable bonds is 5. The lowest BCUT2D eigenvalue weighted by Gasteiger charge is -2.21. The maximum atomic E-state index is 11.5. The topological polar surface area (TPSA) is 17.1 Å². The highest BCUT2D eigenvalue weighted by Crippen LogP contribution is 2.29. The lowest BCUT2D eigenvalue weighted by molar-refractivity contribution is -0.112. The fourth-order valence-corrected chi connectivity index (χ4v) is 2.96. The van der Waals surface area contributed by atoms with Gasteiger partial charge in [-0.05, 0) is 42.3 Å². The molecule has 0 amide bonds. The molecule has 2 heteroatoms. The number of aldehydes is 1. The average Bonchev–Trinajstić information content (AvgIpc) is 2.94. The maximum Gasteiger partial charge on any atom is 0.131 e. The van der Waals surface area contributed by atoms with Crippen LogP contribution in [0.5, 0.6) is 0 Å². The number of carbonyl (C=O) groups excluding carboxylic acids is 1. The van der Waals surface area contributed by atoms with Crippen molar-refractivity contribution in [2.45, 2.75) is 32.1 Å². The molecular weight excluding hydrogens is 240 g/mol. The van der Waals surface area contributed by atoms with Crippen molar-refractivity contribution in [2.24, 2.45) is 0 Å². The fraction of sp³-hybridized carbons (Fsp3) is 0.312. The van der Waals surface area contributed by atoms with Crippen LogP contribution < -0.4 is 0 Å². The quantitative estimate of drug-likeness (QED) is 0.741. The predicted octanol–water partition coefficient (Wildman–Crippen LogP) is 4.01. The molecule has 18 heavy (non-hydrogen) atoms. The van der Waals surface area contributed by atoms with Gasteiger partial charge in [-0.2, -0.15) is 0 Å². The summed E-state index contributed by atoms with van der Waals surface area (Å²) in [6.07, 6.45) is 2.89. The maximum absolute atomic E-state index is 11.5. The largest absolute Gasteiger partial charge is 0.302 e. The van der Waals surface area contributed by atoms with Crippen molar-refractivity contribution in [1.82, 2.24) is 0 Å². The number of hydrogen-bond acceptors (Lipinski definition) is 2. The first-order valence-electron chi connectivity index (χ1n) is 6.26. The summed E-state index contributed by atoms with van der Waals surface area (Å²) in [6.45, 7) is 4.16. The molecule has 0 radical (unpaired) electrons. The molecule has 2 rings (SSSR count). The molecule has 0 bridgehead atoms. The van der Waals surface area contributed by atoms with Crippen LogP contribution in [0.2, 0.25) is 0 Å². The van der Waals surface area contributed by atoms with Gasteiger partial charge >= 0.3 is 0 Å². The van der Waals surface area contributed by atoms with E-state index in [2.05, 4.69) is 31.2 Å². The van der Waals surface area contributed by atoms with Gasteiger partial charge < -0.3 is 4.79 Å². The molecule has 0 aliphatic carbocycles. The second-order valence-electron chi connectivity index (χ2n) is 4.86. The molecule has 0 saturated carbocycles. The summed E-state index contributed by atoms with van der Waals surface area (Å²) in [4.78, 5) is 12.6. The van der Waals surface area contributed by atoms with Crippen LogP contribution in [-0.2, 0) is 23.1 Å². The molecule has 1 aromatic carbocycles. The molecule has 2 aromatic rings. The Labute approximate surface area is 112 Å². The second-order valence-corrected chi connectivity index (χ2v) is 5.81. The highest BCUT2D eigenvalue weighted by molar-refractivity contribution is 7.10. The van der Waals surface area contributed by atoms with E-state index in [0.29, 0.717) is 0 Å². The average molecular weight is 258 g/mol. The smallest absolute Gasteiger partial charge is 0.131 e. The van der Waals surface area contributed by atoms with Gasteiger partial charge in [0.2, 0.25) is 0 Å². The molecule has 0 fully saturated rings. The highest BCUT2D eigenvalue weighted by atomic mass is 32.1. The Morgan fingerprint density at radius 2 is 1.83 bits per heavy atom. The van der Waals surface area contributed by atoms with Crippen LogP contribution >= 0.6 is 11.3 Å². The zero-order valence-corrected chi connectivity index (χ0v) is 11.7. The predicted molar refractivity (Wildman–Crippen MR) is 77.3 cm³/mol. The SMILES string of the molecule is CCc1ccc(CC(C)(C=O)c2cccs2)cc1. The van der Waals surface area contributed by atoms with Crippen molar-refractivity contribution in [2.75, 3.05) is 0 Å². The van der Waals surface area contributed by atoms with Crippen LogP contribution in [0, 0.1) is 0 Å². The summed E-state index contributed by atoms with van der Waals surface area (Å²) in [5, 5.41) is 2.03. The van der Waals surface area contributed by atoms with Gasteiger partial charge in [0.05, 0.1) is 5.41 Å². The van der Waals surface area contributed by atoms with Crippen molar-refractivity contribution in [3.63, 3.8) is 0 Å². The molecule has 1 heterocycles. The molecule has 0 spiro atoms. The Morgan fingerprint density at radius 3 is 2.33 bits per heavy atom. The third-order valence-electron chi connectivity index (χ3n) is 3.35. The van der Waals surface area contributed by atoms with E-state index in [4.69, 9.17) is 0 Å². The number of hydrogen-bond donors (Lipinski definition) is 0. The number of carbonyl (C=O) groups is 1. The van der Waals surface area contributed by atoms with Crippen LogP contribution in [0.4, 0.5) is 0 Å². The molecule has 94 valence electrons. The molecule has 1 aromatic heterocycles. The summed E-state index contributed by atoms with van der Waals surface area (Å²) >= 11 is 1.65. The first-order valence-corrected chi connectivity index (χ1v) is 7.14. The molecular formula is C16H18OS. The van der Waals surface area contributed by atoms with E-state index in [1.165, 1.54) is 11.1 Å². The minimum Gasteiger partial charge on any atom is -0.302 e. The summed E-state index contributed by atoms with van der Waals surface area (Å²) < 4.78 is 0. The molecule has 1 atom stereocenters. The lowest BCUT2D eigenvalue weighted by atomic mass is 9.83. The molecule has 0 aliphatic rings. The zero-order chi connectivity index (χ0) is 13.0. The normalized spacial score (nSPS) is 14.1. The van der Waals surface area contributed by atoms with Gasteiger partial charge in [-0.3, -0.25) is 0 Å². The number of aryl methyl sites for hydroxylation is 1. The van der Waals surface area contributed by atoms with Crippen molar-refractivity contribution in [3.8, 4) is 0 Å². The van der Waals surface area contributed by atoms with Crippen LogP contribution in [0.1, 0.15) is 29.9 Å². The minimum atomic E-state index is -0.401. The van der Waals surface area contributed by atoms with Crippen LogP contribution in [0.25, 0.3) is 0 Å². The monoisotopic (exact) mass is 258 g/mol. The van der Waals surface area contributed by atoms with E-state index >= 15 is 0 Å². The van der Waals surface area contributed by atoms with Crippen LogP contribution in [-0.4, -0.2) is 6.29 Å². The van der Waals surface area contributed by atoms with Gasteiger partial charge in [0.1, 0.15) is 6.29 Å². The third-order valence-corrected chi connectivity index (χ3v) is 4.50. The molecule has 0 saturated heterocycles. The Morgan fingerprint density at radius 1 is 1.17 bits per heavy atom.